The van der Waals surface area contributed by atoms with Crippen LogP contribution < -0.4 is 0 Å². The first-order chi connectivity index (χ1) is 6.70. The van der Waals surface area contributed by atoms with Crippen LogP contribution in [0.1, 0.15) is 18.4 Å². The molecule has 1 aliphatic carbocycles. The number of carboxylic acids is 1. The molecular formula is C10H12O4. The van der Waals surface area contributed by atoms with Crippen LogP contribution in [-0.2, 0) is 14.9 Å². The zero-order valence-corrected chi connectivity index (χ0v) is 7.90. The normalized spacial score (nSPS) is 20.4. The van der Waals surface area contributed by atoms with Crippen LogP contribution in [0.3, 0.4) is 0 Å². The lowest BCUT2D eigenvalue weighted by Gasteiger charge is -2.20. The van der Waals surface area contributed by atoms with Crippen molar-refractivity contribution in [2.24, 2.45) is 0 Å². The summed E-state index contributed by atoms with van der Waals surface area (Å²) in [6.45, 7) is 0. The number of aliphatic carboxylic acids is 1. The fraction of sp³-hybridized carbons (Fsp3) is 0.500. The van der Waals surface area contributed by atoms with Gasteiger partial charge < -0.3 is 14.3 Å². The van der Waals surface area contributed by atoms with Crippen LogP contribution in [0.4, 0.5) is 0 Å². The zero-order chi connectivity index (χ0) is 10.2. The van der Waals surface area contributed by atoms with E-state index in [9.17, 15) is 4.79 Å². The van der Waals surface area contributed by atoms with Gasteiger partial charge in [-0.05, 0) is 24.5 Å². The van der Waals surface area contributed by atoms with E-state index in [1.807, 2.05) is 6.07 Å². The summed E-state index contributed by atoms with van der Waals surface area (Å²) in [5.41, 5.74) is 0.569. The Morgan fingerprint density at radius 3 is 2.79 bits per heavy atom. The second-order valence-corrected chi connectivity index (χ2v) is 3.62. The van der Waals surface area contributed by atoms with Gasteiger partial charge in [0.1, 0.15) is 0 Å². The highest BCUT2D eigenvalue weighted by molar-refractivity contribution is 5.76. The summed E-state index contributed by atoms with van der Waals surface area (Å²) in [7, 11) is 1.43. The lowest BCUT2D eigenvalue weighted by atomic mass is 9.92. The van der Waals surface area contributed by atoms with E-state index in [0.29, 0.717) is 0 Å². The number of carboxylic acid groups (broad SMARTS) is 1. The molecule has 0 saturated heterocycles. The number of carbonyl (C=O) groups is 1. The Kier molecular flexibility index (Phi) is 2.07. The Bertz CT molecular complexity index is 324. The van der Waals surface area contributed by atoms with E-state index in [1.165, 1.54) is 7.11 Å². The molecule has 4 nitrogen and oxygen atoms in total. The molecule has 1 saturated carbocycles. The number of hydrogen-bond acceptors (Lipinski definition) is 3. The monoisotopic (exact) mass is 196 g/mol. The van der Waals surface area contributed by atoms with E-state index >= 15 is 0 Å². The molecule has 0 spiro atoms. The predicted octanol–water partition coefficient (Wildman–Crippen LogP) is 1.41. The smallest absolute Gasteiger partial charge is 0.333 e. The summed E-state index contributed by atoms with van der Waals surface area (Å²) in [5.74, 6) is -0.911. The average Bonchev–Trinajstić information content (AvgIpc) is 2.76. The third-order valence-electron chi connectivity index (χ3n) is 2.85. The van der Waals surface area contributed by atoms with Crippen molar-refractivity contribution in [1.82, 2.24) is 0 Å². The van der Waals surface area contributed by atoms with Crippen LogP contribution in [0.2, 0.25) is 0 Å². The third kappa shape index (κ3) is 1.23. The number of ether oxygens (including phenoxy) is 1. The van der Waals surface area contributed by atoms with Gasteiger partial charge >= 0.3 is 5.97 Å². The molecular weight excluding hydrogens is 184 g/mol. The van der Waals surface area contributed by atoms with Crippen molar-refractivity contribution in [1.29, 1.82) is 0 Å². The van der Waals surface area contributed by atoms with Crippen molar-refractivity contribution in [3.05, 3.63) is 24.2 Å². The van der Waals surface area contributed by atoms with Crippen molar-refractivity contribution in [2.45, 2.75) is 24.4 Å². The lowest BCUT2D eigenvalue weighted by molar-refractivity contribution is -0.150. The fourth-order valence-electron chi connectivity index (χ4n) is 1.95. The van der Waals surface area contributed by atoms with E-state index in [1.54, 1.807) is 12.5 Å². The molecule has 1 aromatic rings. The first kappa shape index (κ1) is 9.27. The molecule has 76 valence electrons. The quantitative estimate of drug-likeness (QED) is 0.790. The SMILES string of the molecule is COC(C(=O)O)C1(c2ccoc2)CC1. The summed E-state index contributed by atoms with van der Waals surface area (Å²) < 4.78 is 9.99. The van der Waals surface area contributed by atoms with Crippen LogP contribution in [-0.4, -0.2) is 24.3 Å². The maximum atomic E-state index is 11.0. The highest BCUT2D eigenvalue weighted by Gasteiger charge is 2.55. The average molecular weight is 196 g/mol. The number of furan rings is 1. The van der Waals surface area contributed by atoms with Gasteiger partial charge in [-0.1, -0.05) is 0 Å². The van der Waals surface area contributed by atoms with Crippen LogP contribution in [0.15, 0.2) is 23.0 Å². The molecule has 1 aliphatic rings. The molecule has 14 heavy (non-hydrogen) atoms. The summed E-state index contributed by atoms with van der Waals surface area (Å²) >= 11 is 0. The Labute approximate surface area is 81.5 Å². The summed E-state index contributed by atoms with van der Waals surface area (Å²) in [4.78, 5) is 11.0. The van der Waals surface area contributed by atoms with E-state index in [4.69, 9.17) is 14.3 Å². The summed E-state index contributed by atoms with van der Waals surface area (Å²) in [5, 5.41) is 8.99. The largest absolute Gasteiger partial charge is 0.479 e. The molecule has 1 N–H and O–H groups in total. The summed E-state index contributed by atoms with van der Waals surface area (Å²) in [6, 6.07) is 1.81. The first-order valence-corrected chi connectivity index (χ1v) is 4.49. The van der Waals surface area contributed by atoms with Crippen molar-refractivity contribution >= 4 is 5.97 Å². The predicted molar refractivity (Wildman–Crippen MR) is 48.1 cm³/mol. The van der Waals surface area contributed by atoms with Crippen LogP contribution in [0.5, 0.6) is 0 Å². The van der Waals surface area contributed by atoms with E-state index in [0.717, 1.165) is 18.4 Å². The topological polar surface area (TPSA) is 59.7 Å². The van der Waals surface area contributed by atoms with Gasteiger partial charge in [0.2, 0.25) is 0 Å². The molecule has 0 amide bonds. The second-order valence-electron chi connectivity index (χ2n) is 3.62. The van der Waals surface area contributed by atoms with Gasteiger partial charge in [-0.3, -0.25) is 0 Å². The van der Waals surface area contributed by atoms with Gasteiger partial charge in [0.15, 0.2) is 6.10 Å². The molecule has 1 unspecified atom stereocenters. The van der Waals surface area contributed by atoms with E-state index in [2.05, 4.69) is 0 Å². The Balaban J connectivity index is 2.28. The van der Waals surface area contributed by atoms with Gasteiger partial charge in [0, 0.05) is 12.5 Å². The van der Waals surface area contributed by atoms with Gasteiger partial charge in [-0.25, -0.2) is 4.79 Å². The summed E-state index contributed by atoms with van der Waals surface area (Å²) in [6.07, 6.45) is 4.08. The second kappa shape index (κ2) is 3.13. The highest BCUT2D eigenvalue weighted by atomic mass is 16.5. The molecule has 1 fully saturated rings. The number of rotatable bonds is 4. The first-order valence-electron chi connectivity index (χ1n) is 4.49. The van der Waals surface area contributed by atoms with E-state index in [-0.39, 0.29) is 5.41 Å². The maximum absolute atomic E-state index is 11.0. The molecule has 1 aromatic heterocycles. The number of hydrogen-bond donors (Lipinski definition) is 1. The van der Waals surface area contributed by atoms with Crippen LogP contribution in [0, 0.1) is 0 Å². The van der Waals surface area contributed by atoms with Gasteiger partial charge in [0.25, 0.3) is 0 Å². The van der Waals surface area contributed by atoms with Gasteiger partial charge in [-0.2, -0.15) is 0 Å². The van der Waals surface area contributed by atoms with Gasteiger partial charge in [0.05, 0.1) is 12.5 Å². The number of methoxy groups -OCH3 is 1. The Morgan fingerprint density at radius 1 is 1.71 bits per heavy atom. The molecule has 0 bridgehead atoms. The standard InChI is InChI=1S/C10H12O4/c1-13-8(9(11)12)10(3-4-10)7-2-5-14-6-7/h2,5-6,8H,3-4H2,1H3,(H,11,12). The van der Waals surface area contributed by atoms with Crippen molar-refractivity contribution in [3.8, 4) is 0 Å². The molecule has 0 aliphatic heterocycles. The van der Waals surface area contributed by atoms with Gasteiger partial charge in [-0.15, -0.1) is 0 Å². The Morgan fingerprint density at radius 2 is 2.43 bits per heavy atom. The third-order valence-corrected chi connectivity index (χ3v) is 2.85. The lowest BCUT2D eigenvalue weighted by Crippen LogP contribution is -2.35. The van der Waals surface area contributed by atoms with Crippen LogP contribution >= 0.6 is 0 Å². The maximum Gasteiger partial charge on any atom is 0.333 e. The molecule has 4 heteroatoms. The van der Waals surface area contributed by atoms with Crippen molar-refractivity contribution in [3.63, 3.8) is 0 Å². The van der Waals surface area contributed by atoms with Crippen molar-refractivity contribution in [2.75, 3.05) is 7.11 Å². The molecule has 0 aromatic carbocycles. The molecule has 1 heterocycles. The van der Waals surface area contributed by atoms with E-state index < -0.39 is 12.1 Å². The minimum Gasteiger partial charge on any atom is -0.479 e. The molecule has 2 rings (SSSR count). The van der Waals surface area contributed by atoms with Crippen LogP contribution in [0.25, 0.3) is 0 Å². The molecule has 1 atom stereocenters. The minimum absolute atomic E-state index is 0.354. The fourth-order valence-corrected chi connectivity index (χ4v) is 1.95. The zero-order valence-electron chi connectivity index (χ0n) is 7.90. The Hall–Kier alpha value is -1.29. The highest BCUT2D eigenvalue weighted by Crippen LogP contribution is 2.52. The minimum atomic E-state index is -0.911. The molecule has 0 radical (unpaired) electrons. The van der Waals surface area contributed by atoms with Crippen molar-refractivity contribution < 1.29 is 19.1 Å².